The van der Waals surface area contributed by atoms with E-state index < -0.39 is 12.1 Å². The van der Waals surface area contributed by atoms with Gasteiger partial charge in [0.1, 0.15) is 5.71 Å². The zero-order valence-corrected chi connectivity index (χ0v) is 8.07. The molecule has 1 aliphatic rings. The number of nitrogens with one attached hydrogen (secondary N) is 1. The second-order valence-corrected chi connectivity index (χ2v) is 2.67. The van der Waals surface area contributed by atoms with Crippen molar-refractivity contribution in [3.05, 3.63) is 0 Å². The number of rotatable bonds is 3. The summed E-state index contributed by atoms with van der Waals surface area (Å²) in [5.41, 5.74) is 0.213. The molecule has 0 radical (unpaired) electrons. The number of hydrogen-bond acceptors (Lipinski definition) is 5. The van der Waals surface area contributed by atoms with E-state index in [-0.39, 0.29) is 24.6 Å². The highest BCUT2D eigenvalue weighted by atomic mass is 16.7. The molecule has 0 saturated carbocycles. The van der Waals surface area contributed by atoms with E-state index in [1.54, 1.807) is 6.92 Å². The molecule has 1 unspecified atom stereocenters. The summed E-state index contributed by atoms with van der Waals surface area (Å²) in [5.74, 6) is -0.827. The maximum atomic E-state index is 11.1. The molecule has 0 saturated heterocycles. The first-order valence-electron chi connectivity index (χ1n) is 4.30. The van der Waals surface area contributed by atoms with Crippen molar-refractivity contribution in [1.29, 1.82) is 0 Å². The van der Waals surface area contributed by atoms with Crippen molar-refractivity contribution < 1.29 is 19.2 Å². The zero-order valence-electron chi connectivity index (χ0n) is 8.07. The predicted molar refractivity (Wildman–Crippen MR) is 47.6 cm³/mol. The van der Waals surface area contributed by atoms with Crippen molar-refractivity contribution in [2.45, 2.75) is 19.4 Å². The number of esters is 1. The molecule has 0 aromatic heterocycles. The SMILES string of the molecule is CCOC(=O)C1CC(C(=O)NC)=NO1. The van der Waals surface area contributed by atoms with Crippen molar-refractivity contribution in [3.8, 4) is 0 Å². The average molecular weight is 200 g/mol. The molecule has 78 valence electrons. The first kappa shape index (κ1) is 10.5. The molecule has 1 amide bonds. The van der Waals surface area contributed by atoms with Crippen LogP contribution in [0.1, 0.15) is 13.3 Å². The molecule has 0 aliphatic carbocycles. The average Bonchev–Trinajstić information content (AvgIpc) is 2.66. The molecule has 0 spiro atoms. The molecule has 1 N–H and O–H groups in total. The highest BCUT2D eigenvalue weighted by Gasteiger charge is 2.32. The molecule has 0 aromatic rings. The molecule has 1 rings (SSSR count). The number of oxime groups is 1. The van der Waals surface area contributed by atoms with Crippen LogP contribution in [0.15, 0.2) is 5.16 Å². The second kappa shape index (κ2) is 4.59. The number of carbonyl (C=O) groups excluding carboxylic acids is 2. The van der Waals surface area contributed by atoms with Gasteiger partial charge in [0.05, 0.1) is 6.61 Å². The number of hydrogen-bond donors (Lipinski definition) is 1. The van der Waals surface area contributed by atoms with Gasteiger partial charge < -0.3 is 14.9 Å². The van der Waals surface area contributed by atoms with Crippen molar-refractivity contribution in [2.75, 3.05) is 13.7 Å². The van der Waals surface area contributed by atoms with Gasteiger partial charge >= 0.3 is 5.97 Å². The van der Waals surface area contributed by atoms with Crippen LogP contribution in [0.25, 0.3) is 0 Å². The summed E-state index contributed by atoms with van der Waals surface area (Å²) in [4.78, 5) is 27.0. The second-order valence-electron chi connectivity index (χ2n) is 2.67. The quantitative estimate of drug-likeness (QED) is 0.619. The Bertz CT molecular complexity index is 275. The van der Waals surface area contributed by atoms with Crippen molar-refractivity contribution in [2.24, 2.45) is 5.16 Å². The predicted octanol–water partition coefficient (Wildman–Crippen LogP) is -0.560. The summed E-state index contributed by atoms with van der Waals surface area (Å²) in [6.45, 7) is 1.99. The summed E-state index contributed by atoms with van der Waals surface area (Å²) in [6.07, 6.45) is -0.611. The van der Waals surface area contributed by atoms with Crippen molar-refractivity contribution in [3.63, 3.8) is 0 Å². The molecular formula is C8H12N2O4. The molecule has 0 bridgehead atoms. The third-order valence-electron chi connectivity index (χ3n) is 1.71. The van der Waals surface area contributed by atoms with E-state index in [4.69, 9.17) is 9.57 Å². The first-order chi connectivity index (χ1) is 6.69. The Hall–Kier alpha value is -1.59. The molecule has 1 heterocycles. The fourth-order valence-electron chi connectivity index (χ4n) is 1.02. The molecule has 6 nitrogen and oxygen atoms in total. The Balaban J connectivity index is 2.46. The van der Waals surface area contributed by atoms with Crippen molar-refractivity contribution >= 4 is 17.6 Å². The van der Waals surface area contributed by atoms with Gasteiger partial charge in [0.15, 0.2) is 0 Å². The van der Waals surface area contributed by atoms with E-state index in [9.17, 15) is 9.59 Å². The van der Waals surface area contributed by atoms with Crippen LogP contribution in [-0.4, -0.2) is 37.3 Å². The highest BCUT2D eigenvalue weighted by molar-refractivity contribution is 6.39. The summed E-state index contributed by atoms with van der Waals surface area (Å²) >= 11 is 0. The standard InChI is InChI=1S/C8H12N2O4/c1-3-13-8(12)6-4-5(10-14-6)7(11)9-2/h6H,3-4H2,1-2H3,(H,9,11). The summed E-state index contributed by atoms with van der Waals surface area (Å²) in [6, 6.07) is 0. The lowest BCUT2D eigenvalue weighted by atomic mass is 10.2. The fourth-order valence-corrected chi connectivity index (χ4v) is 1.02. The lowest BCUT2D eigenvalue weighted by Gasteiger charge is -2.05. The van der Waals surface area contributed by atoms with Crippen LogP contribution in [0.3, 0.4) is 0 Å². The minimum Gasteiger partial charge on any atom is -0.463 e. The largest absolute Gasteiger partial charge is 0.463 e. The molecule has 6 heteroatoms. The lowest BCUT2D eigenvalue weighted by molar-refractivity contribution is -0.154. The monoisotopic (exact) mass is 200 g/mol. The lowest BCUT2D eigenvalue weighted by Crippen LogP contribution is -2.30. The fraction of sp³-hybridized carbons (Fsp3) is 0.625. The van der Waals surface area contributed by atoms with E-state index >= 15 is 0 Å². The Morgan fingerprint density at radius 2 is 2.43 bits per heavy atom. The van der Waals surface area contributed by atoms with Crippen molar-refractivity contribution in [1.82, 2.24) is 5.32 Å². The molecule has 0 fully saturated rings. The highest BCUT2D eigenvalue weighted by Crippen LogP contribution is 2.11. The van der Waals surface area contributed by atoms with Crippen LogP contribution >= 0.6 is 0 Å². The van der Waals surface area contributed by atoms with Gasteiger partial charge in [-0.1, -0.05) is 5.16 Å². The molecule has 0 aromatic carbocycles. The first-order valence-corrected chi connectivity index (χ1v) is 4.30. The van der Waals surface area contributed by atoms with E-state index in [0.29, 0.717) is 0 Å². The van der Waals surface area contributed by atoms with Crippen LogP contribution in [0, 0.1) is 0 Å². The summed E-state index contributed by atoms with van der Waals surface area (Å²) in [5, 5.41) is 5.89. The van der Waals surface area contributed by atoms with Crippen LogP contribution in [0.2, 0.25) is 0 Å². The third-order valence-corrected chi connectivity index (χ3v) is 1.71. The van der Waals surface area contributed by atoms with Crippen LogP contribution in [0.4, 0.5) is 0 Å². The van der Waals surface area contributed by atoms with Gasteiger partial charge in [-0.25, -0.2) is 4.79 Å². The maximum Gasteiger partial charge on any atom is 0.350 e. The van der Waals surface area contributed by atoms with E-state index in [1.165, 1.54) is 7.05 Å². The number of ether oxygens (including phenoxy) is 1. The zero-order chi connectivity index (χ0) is 10.6. The Morgan fingerprint density at radius 3 is 3.00 bits per heavy atom. The van der Waals surface area contributed by atoms with Gasteiger partial charge in [-0.2, -0.15) is 0 Å². The molecule has 1 atom stereocenters. The minimum absolute atomic E-state index is 0.165. The summed E-state index contributed by atoms with van der Waals surface area (Å²) in [7, 11) is 1.49. The molecular weight excluding hydrogens is 188 g/mol. The smallest absolute Gasteiger partial charge is 0.350 e. The van der Waals surface area contributed by atoms with Gasteiger partial charge in [-0.15, -0.1) is 0 Å². The van der Waals surface area contributed by atoms with Crippen LogP contribution < -0.4 is 5.32 Å². The number of amides is 1. The Kier molecular flexibility index (Phi) is 3.44. The third kappa shape index (κ3) is 2.21. The van der Waals surface area contributed by atoms with E-state index in [2.05, 4.69) is 10.5 Å². The number of nitrogens with zero attached hydrogens (tertiary/aromatic N) is 1. The van der Waals surface area contributed by atoms with Gasteiger partial charge in [-0.05, 0) is 6.92 Å². The van der Waals surface area contributed by atoms with Crippen LogP contribution in [0.5, 0.6) is 0 Å². The molecule has 1 aliphatic heterocycles. The van der Waals surface area contributed by atoms with Gasteiger partial charge in [-0.3, -0.25) is 4.79 Å². The van der Waals surface area contributed by atoms with Gasteiger partial charge in [0.2, 0.25) is 6.10 Å². The Labute approximate surface area is 81.2 Å². The maximum absolute atomic E-state index is 11.1. The van der Waals surface area contributed by atoms with Gasteiger partial charge in [0, 0.05) is 13.5 Å². The van der Waals surface area contributed by atoms with E-state index in [0.717, 1.165) is 0 Å². The normalized spacial score (nSPS) is 19.6. The molecule has 14 heavy (non-hydrogen) atoms. The Morgan fingerprint density at radius 1 is 1.71 bits per heavy atom. The van der Waals surface area contributed by atoms with Gasteiger partial charge in [0.25, 0.3) is 5.91 Å². The van der Waals surface area contributed by atoms with Crippen LogP contribution in [-0.2, 0) is 19.2 Å². The minimum atomic E-state index is -0.776. The van der Waals surface area contributed by atoms with E-state index in [1.807, 2.05) is 0 Å². The topological polar surface area (TPSA) is 77.0 Å². The summed E-state index contributed by atoms with van der Waals surface area (Å²) < 4.78 is 4.72. The number of carbonyl (C=O) groups is 2.